The van der Waals surface area contributed by atoms with Gasteiger partial charge in [0.2, 0.25) is 0 Å². The summed E-state index contributed by atoms with van der Waals surface area (Å²) in [5.41, 5.74) is 2.47. The summed E-state index contributed by atoms with van der Waals surface area (Å²) in [6.07, 6.45) is 0. The SMILES string of the molecule is COCCOC(=O)C1=C(C)NC(=O)NC1c1ccccc1OCc1ccccc1. The molecule has 0 bridgehead atoms. The first-order chi connectivity index (χ1) is 14.1. The Hall–Kier alpha value is -3.32. The lowest BCUT2D eigenvalue weighted by Crippen LogP contribution is -2.45. The fourth-order valence-corrected chi connectivity index (χ4v) is 3.08. The third-order valence-corrected chi connectivity index (χ3v) is 4.48. The number of amides is 2. The first-order valence-electron chi connectivity index (χ1n) is 9.30. The minimum atomic E-state index is -0.689. The van der Waals surface area contributed by atoms with E-state index in [9.17, 15) is 9.59 Å². The van der Waals surface area contributed by atoms with E-state index in [1.54, 1.807) is 6.92 Å². The molecule has 1 unspecified atom stereocenters. The van der Waals surface area contributed by atoms with Crippen LogP contribution in [0.4, 0.5) is 4.79 Å². The highest BCUT2D eigenvalue weighted by Gasteiger charge is 2.33. The second-order valence-corrected chi connectivity index (χ2v) is 6.51. The zero-order valence-electron chi connectivity index (χ0n) is 16.4. The molecule has 1 atom stereocenters. The van der Waals surface area contributed by atoms with Crippen molar-refractivity contribution in [3.8, 4) is 5.75 Å². The van der Waals surface area contributed by atoms with Crippen LogP contribution >= 0.6 is 0 Å². The molecule has 0 aliphatic carbocycles. The van der Waals surface area contributed by atoms with E-state index in [0.717, 1.165) is 5.56 Å². The Balaban J connectivity index is 1.87. The number of esters is 1. The lowest BCUT2D eigenvalue weighted by atomic mass is 9.95. The molecule has 0 radical (unpaired) electrons. The summed E-state index contributed by atoms with van der Waals surface area (Å²) in [5, 5.41) is 5.44. The van der Waals surface area contributed by atoms with Gasteiger partial charge in [0.05, 0.1) is 18.2 Å². The van der Waals surface area contributed by atoms with Gasteiger partial charge in [-0.05, 0) is 18.6 Å². The van der Waals surface area contributed by atoms with E-state index < -0.39 is 12.0 Å². The number of benzene rings is 2. The largest absolute Gasteiger partial charge is 0.489 e. The highest BCUT2D eigenvalue weighted by molar-refractivity contribution is 5.95. The van der Waals surface area contributed by atoms with Crippen molar-refractivity contribution in [2.75, 3.05) is 20.3 Å². The molecule has 0 aromatic heterocycles. The van der Waals surface area contributed by atoms with Gasteiger partial charge in [-0.1, -0.05) is 48.5 Å². The van der Waals surface area contributed by atoms with Crippen molar-refractivity contribution in [2.24, 2.45) is 0 Å². The van der Waals surface area contributed by atoms with Gasteiger partial charge in [0.15, 0.2) is 0 Å². The summed E-state index contributed by atoms with van der Waals surface area (Å²) >= 11 is 0. The standard InChI is InChI=1S/C22H24N2O5/c1-15-19(21(25)28-13-12-27-2)20(24-22(26)23-15)17-10-6-7-11-18(17)29-14-16-8-4-3-5-9-16/h3-11,20H,12-14H2,1-2H3,(H2,23,24,26). The van der Waals surface area contributed by atoms with Crippen molar-refractivity contribution >= 4 is 12.0 Å². The number of ether oxygens (including phenoxy) is 3. The van der Waals surface area contributed by atoms with E-state index in [1.807, 2.05) is 54.6 Å². The molecule has 0 saturated heterocycles. The molecular weight excluding hydrogens is 372 g/mol. The Labute approximate surface area is 169 Å². The van der Waals surface area contributed by atoms with E-state index in [4.69, 9.17) is 14.2 Å². The summed E-state index contributed by atoms with van der Waals surface area (Å²) in [7, 11) is 1.53. The van der Waals surface area contributed by atoms with Gasteiger partial charge >= 0.3 is 12.0 Å². The van der Waals surface area contributed by atoms with Crippen molar-refractivity contribution in [1.29, 1.82) is 0 Å². The smallest absolute Gasteiger partial charge is 0.338 e. The first-order valence-corrected chi connectivity index (χ1v) is 9.30. The second kappa shape index (κ2) is 9.75. The number of urea groups is 1. The van der Waals surface area contributed by atoms with E-state index in [1.165, 1.54) is 7.11 Å². The minimum Gasteiger partial charge on any atom is -0.489 e. The number of carbonyl (C=O) groups is 2. The van der Waals surface area contributed by atoms with Gasteiger partial charge in [-0.15, -0.1) is 0 Å². The molecule has 1 aliphatic heterocycles. The molecule has 1 heterocycles. The molecular formula is C22H24N2O5. The molecule has 3 rings (SSSR count). The van der Waals surface area contributed by atoms with Crippen molar-refractivity contribution in [2.45, 2.75) is 19.6 Å². The third kappa shape index (κ3) is 5.14. The summed E-state index contributed by atoms with van der Waals surface area (Å²) in [6.45, 7) is 2.46. The van der Waals surface area contributed by atoms with Crippen LogP contribution in [0.25, 0.3) is 0 Å². The van der Waals surface area contributed by atoms with E-state index in [-0.39, 0.29) is 12.6 Å². The van der Waals surface area contributed by atoms with Crippen LogP contribution in [-0.2, 0) is 20.9 Å². The molecule has 2 N–H and O–H groups in total. The van der Waals surface area contributed by atoms with Crippen LogP contribution < -0.4 is 15.4 Å². The van der Waals surface area contributed by atoms with Crippen LogP contribution in [0.2, 0.25) is 0 Å². The Morgan fingerprint density at radius 1 is 1.03 bits per heavy atom. The Morgan fingerprint density at radius 3 is 2.52 bits per heavy atom. The van der Waals surface area contributed by atoms with E-state index in [2.05, 4.69) is 10.6 Å². The Morgan fingerprint density at radius 2 is 1.76 bits per heavy atom. The second-order valence-electron chi connectivity index (χ2n) is 6.51. The van der Waals surface area contributed by atoms with Gasteiger partial charge in [0, 0.05) is 18.4 Å². The number of nitrogens with one attached hydrogen (secondary N) is 2. The maximum absolute atomic E-state index is 12.7. The first kappa shape index (κ1) is 20.4. The van der Waals surface area contributed by atoms with Crippen LogP contribution in [0.1, 0.15) is 24.1 Å². The number of hydrogen-bond acceptors (Lipinski definition) is 5. The molecule has 0 fully saturated rings. The summed E-state index contributed by atoms with van der Waals surface area (Å²) in [5.74, 6) is 0.0634. The highest BCUT2D eigenvalue weighted by Crippen LogP contribution is 2.33. The zero-order chi connectivity index (χ0) is 20.6. The fourth-order valence-electron chi connectivity index (χ4n) is 3.08. The van der Waals surface area contributed by atoms with Crippen LogP contribution in [0, 0.1) is 0 Å². The Bertz CT molecular complexity index is 895. The van der Waals surface area contributed by atoms with E-state index in [0.29, 0.717) is 35.8 Å². The molecule has 2 aromatic carbocycles. The van der Waals surface area contributed by atoms with Gasteiger partial charge < -0.3 is 24.8 Å². The molecule has 29 heavy (non-hydrogen) atoms. The van der Waals surface area contributed by atoms with Crippen LogP contribution in [0.5, 0.6) is 5.75 Å². The molecule has 7 nitrogen and oxygen atoms in total. The van der Waals surface area contributed by atoms with Crippen LogP contribution in [0.15, 0.2) is 65.9 Å². The number of allylic oxidation sites excluding steroid dienone is 1. The maximum Gasteiger partial charge on any atom is 0.338 e. The molecule has 7 heteroatoms. The van der Waals surface area contributed by atoms with Gasteiger partial charge in [-0.25, -0.2) is 9.59 Å². The number of rotatable bonds is 8. The van der Waals surface area contributed by atoms with E-state index >= 15 is 0 Å². The van der Waals surface area contributed by atoms with Crippen molar-refractivity contribution < 1.29 is 23.8 Å². The van der Waals surface area contributed by atoms with Gasteiger partial charge in [0.25, 0.3) is 0 Å². The predicted octanol–water partition coefficient (Wildman–Crippen LogP) is 3.08. The van der Waals surface area contributed by atoms with Crippen LogP contribution in [0.3, 0.4) is 0 Å². The number of carbonyl (C=O) groups excluding carboxylic acids is 2. The number of hydrogen-bond donors (Lipinski definition) is 2. The normalized spacial score (nSPS) is 16.1. The monoisotopic (exact) mass is 396 g/mol. The predicted molar refractivity (Wildman–Crippen MR) is 107 cm³/mol. The summed E-state index contributed by atoms with van der Waals surface area (Å²) < 4.78 is 16.2. The molecule has 0 spiro atoms. The molecule has 2 amide bonds. The lowest BCUT2D eigenvalue weighted by molar-refractivity contribution is -0.140. The Kier molecular flexibility index (Phi) is 6.86. The van der Waals surface area contributed by atoms with Crippen molar-refractivity contribution in [1.82, 2.24) is 10.6 Å². The quantitative estimate of drug-likeness (QED) is 0.529. The van der Waals surface area contributed by atoms with Crippen molar-refractivity contribution in [3.63, 3.8) is 0 Å². The van der Waals surface area contributed by atoms with Crippen LogP contribution in [-0.4, -0.2) is 32.3 Å². The topological polar surface area (TPSA) is 85.9 Å². The van der Waals surface area contributed by atoms with Gasteiger partial charge in [0.1, 0.15) is 19.0 Å². The van der Waals surface area contributed by atoms with Gasteiger partial charge in [-0.3, -0.25) is 0 Å². The molecule has 152 valence electrons. The lowest BCUT2D eigenvalue weighted by Gasteiger charge is -2.29. The third-order valence-electron chi connectivity index (χ3n) is 4.48. The highest BCUT2D eigenvalue weighted by atomic mass is 16.6. The summed E-state index contributed by atoms with van der Waals surface area (Å²) in [4.78, 5) is 24.8. The fraction of sp³-hybridized carbons (Fsp3) is 0.273. The molecule has 0 saturated carbocycles. The number of methoxy groups -OCH3 is 1. The molecule has 1 aliphatic rings. The average Bonchev–Trinajstić information content (AvgIpc) is 2.72. The number of para-hydroxylation sites is 1. The minimum absolute atomic E-state index is 0.124. The summed E-state index contributed by atoms with van der Waals surface area (Å²) in [6, 6.07) is 16.0. The molecule has 2 aromatic rings. The average molecular weight is 396 g/mol. The maximum atomic E-state index is 12.7. The zero-order valence-corrected chi connectivity index (χ0v) is 16.4. The van der Waals surface area contributed by atoms with Crippen molar-refractivity contribution in [3.05, 3.63) is 77.0 Å². The van der Waals surface area contributed by atoms with Gasteiger partial charge in [-0.2, -0.15) is 0 Å².